The number of phenols is 2. The number of nitrogens with one attached hydrogen (secondary N) is 20. The van der Waals surface area contributed by atoms with Gasteiger partial charge in [-0.3, -0.25) is 101 Å². The number of hydrogen-bond acceptors (Lipinski definition) is 30. The Bertz CT molecular complexity index is 5200. The third-order valence-corrected chi connectivity index (χ3v) is 23.4. The lowest BCUT2D eigenvalue weighted by Gasteiger charge is -2.29. The topological polar surface area (TPSA) is 854 Å². The summed E-state index contributed by atoms with van der Waals surface area (Å²) >= 11 is 0. The number of phenolic OH excluding ortho intramolecular Hbond substituents is 2. The molecular formula is C93H138N22O31. The van der Waals surface area contributed by atoms with Crippen LogP contribution in [0.15, 0.2) is 79.0 Å². The predicted octanol–water partition coefficient (Wildman–Crippen LogP) is -9.54. The fraction of sp³-hybridized carbons (Fsp3) is 0.548. The highest BCUT2D eigenvalue weighted by atomic mass is 16.4. The number of H-pyrrole nitrogens is 1. The SMILES string of the molecule is CC[C@H](C)[C@H](NC(=O)CNC(=O)[C@@H](NC(=O)[C@H](C)NC(=O)[C@H](CO)NC(=O)[C@@H](NC(=O)[C@H](CO)NC(=O)CNC(=O)[C@@H](NC(=O)[C@H](Cc1c[nH]c2ccccc12)NC(=O)[C@H](CCC(=O)O)NC(=O)[C@H](CC(C)C)NC(=O)CNC(=O)[C@H](CC(N)=O)NC(=O)CN)[C@@H](C)CC)[C@@H](C)CC)[C@@H](C)O)C(=O)N[C@H](C(=O)N[C@@H](Cc1ccc(O)cc1)C(=O)N[C@@H](Cc1ccc(O)cc1)C(=O)N[C@@H](C)C(=O)N[C@@H](CO)C(=O)O)[C@@H](C)O. The molecule has 53 nitrogen and oxygen atoms in total. The zero-order chi connectivity index (χ0) is 110. The largest absolute Gasteiger partial charge is 0.508 e. The van der Waals surface area contributed by atoms with Crippen molar-refractivity contribution in [3.8, 4) is 11.5 Å². The second-order valence-corrected chi connectivity index (χ2v) is 35.6. The molecule has 53 heteroatoms. The van der Waals surface area contributed by atoms with Gasteiger partial charge in [0.05, 0.1) is 64.6 Å². The van der Waals surface area contributed by atoms with Crippen LogP contribution in [0.1, 0.15) is 145 Å². The molecule has 0 saturated heterocycles. The van der Waals surface area contributed by atoms with Crippen molar-refractivity contribution in [3.63, 3.8) is 0 Å². The summed E-state index contributed by atoms with van der Waals surface area (Å²) in [5.74, 6) is -27.5. The number of benzene rings is 3. The van der Waals surface area contributed by atoms with Crippen molar-refractivity contribution in [2.75, 3.05) is 46.0 Å². The molecule has 3 aromatic carbocycles. The second-order valence-electron chi connectivity index (χ2n) is 35.6. The van der Waals surface area contributed by atoms with E-state index in [0.29, 0.717) is 27.6 Å². The Morgan fingerprint density at radius 1 is 0.349 bits per heavy atom. The maximum absolute atomic E-state index is 14.8. The highest BCUT2D eigenvalue weighted by Crippen LogP contribution is 2.23. The molecule has 20 amide bonds. The summed E-state index contributed by atoms with van der Waals surface area (Å²) in [6, 6.07) is -9.27. The van der Waals surface area contributed by atoms with Crippen LogP contribution in [0.25, 0.3) is 10.9 Å². The third kappa shape index (κ3) is 41.0. The average molecular weight is 2060 g/mol. The van der Waals surface area contributed by atoms with E-state index in [1.807, 2.05) is 0 Å². The number of aliphatic hydroxyl groups is 5. The van der Waals surface area contributed by atoms with E-state index in [-0.39, 0.29) is 62.4 Å². The maximum atomic E-state index is 14.8. The molecular weight excluding hydrogens is 1920 g/mol. The van der Waals surface area contributed by atoms with Crippen LogP contribution in [-0.4, -0.2) is 336 Å². The maximum Gasteiger partial charge on any atom is 0.328 e. The monoisotopic (exact) mass is 2060 g/mol. The first-order valence-electron chi connectivity index (χ1n) is 47.1. The summed E-state index contributed by atoms with van der Waals surface area (Å²) in [5, 5.41) is 137. The van der Waals surface area contributed by atoms with E-state index in [1.54, 1.807) is 72.0 Å². The molecule has 0 spiro atoms. The van der Waals surface area contributed by atoms with Crippen molar-refractivity contribution >= 4 is 141 Å². The van der Waals surface area contributed by atoms with Gasteiger partial charge in [0.2, 0.25) is 118 Å². The number of aliphatic hydroxyl groups excluding tert-OH is 5. The first kappa shape index (κ1) is 123. The molecule has 21 atom stereocenters. The Kier molecular flexibility index (Phi) is 51.6. The lowest BCUT2D eigenvalue weighted by molar-refractivity contribution is -0.143. The number of para-hydroxylation sites is 1. The van der Waals surface area contributed by atoms with Crippen molar-refractivity contribution in [2.24, 2.45) is 35.1 Å². The number of carbonyl (C=O) groups is 22. The summed E-state index contributed by atoms with van der Waals surface area (Å²) in [5.41, 5.74) is 12.3. The van der Waals surface area contributed by atoms with E-state index < -0.39 is 322 Å². The Morgan fingerprint density at radius 3 is 1.16 bits per heavy atom. The Balaban J connectivity index is 1.44. The molecule has 0 aliphatic heterocycles. The number of carbonyl (C=O) groups excluding carboxylic acids is 20. The van der Waals surface area contributed by atoms with E-state index >= 15 is 0 Å². The second kappa shape index (κ2) is 61.1. The van der Waals surface area contributed by atoms with Gasteiger partial charge in [-0.2, -0.15) is 0 Å². The standard InChI is InChI=1S/C93H138N22O31/c1-13-44(6)73(112-85(137)62(33-53-36-96-57-19-17-16-18-56(53)57)107-81(133)58(28-29-72(128)129)105-83(135)59(30-43(4)5)103-69(125)37-97-80(132)63(34-67(95)123)102-68(124)35-94)88(140)98-38-70(126)104-64(40-116)87(139)113-75(46(8)15-3)90(142)109-65(41-117)86(138)101-48(10)79(131)114-76(49(11)119)89(141)99-39-71(127)111-74(45(7)14-2)91(143)115-77(50(12)120)92(144)108-61(32-52-22-26-55(122)27-23-52)84(136)106-60(31-51-20-24-54(121)25-21-51)82(134)100-47(9)78(130)110-66(42-118)93(145)146/h16-27,36,43-50,58-66,73-77,96,116-122H,13-15,28-35,37-42,94H2,1-12H3,(H2,95,123)(H,97,132)(H,98,140)(H,99,141)(H,100,134)(H,101,138)(H,102,124)(H,103,125)(H,104,126)(H,105,135)(H,106,136)(H,107,133)(H,108,144)(H,109,142)(H,110,130)(H,111,127)(H,112,137)(H,113,139)(H,114,131)(H,115,143)(H,128,129)(H,145,146)/t44-,45-,46-,47-,48-,49+,50+,58-,59-,60-,61-,62-,63-,64-,65-,66-,73-,74-,75-,76-,77-/m0/s1. The van der Waals surface area contributed by atoms with E-state index in [1.165, 1.54) is 69.3 Å². The molecule has 0 saturated carbocycles. The fourth-order valence-electron chi connectivity index (χ4n) is 14.3. The Hall–Kier alpha value is -15.1. The molecule has 4 aromatic rings. The highest BCUT2D eigenvalue weighted by molar-refractivity contribution is 6.02. The van der Waals surface area contributed by atoms with Crippen molar-refractivity contribution < 1.29 is 151 Å². The molecule has 1 aromatic heterocycles. The number of hydrogen-bond donors (Lipinski definition) is 31. The summed E-state index contributed by atoms with van der Waals surface area (Å²) in [4.78, 5) is 301. The van der Waals surface area contributed by atoms with Gasteiger partial charge >= 0.3 is 11.9 Å². The van der Waals surface area contributed by atoms with Gasteiger partial charge in [-0.25, -0.2) is 4.79 Å². The molecule has 0 bridgehead atoms. The van der Waals surface area contributed by atoms with Crippen LogP contribution < -0.4 is 112 Å². The normalized spacial score (nSPS) is 15.5. The number of carboxylic acid groups (broad SMARTS) is 2. The smallest absolute Gasteiger partial charge is 0.328 e. The predicted molar refractivity (Wildman–Crippen MR) is 517 cm³/mol. The van der Waals surface area contributed by atoms with Gasteiger partial charge < -0.3 is 163 Å². The number of rotatable bonds is 63. The fourth-order valence-corrected chi connectivity index (χ4v) is 14.3. The highest BCUT2D eigenvalue weighted by Gasteiger charge is 2.41. The van der Waals surface area contributed by atoms with Crippen LogP contribution in [-0.2, 0) is 125 Å². The number of amides is 20. The number of primary amides is 1. The molecule has 33 N–H and O–H groups in total. The van der Waals surface area contributed by atoms with Gasteiger partial charge in [0.25, 0.3) is 0 Å². The van der Waals surface area contributed by atoms with Gasteiger partial charge in [0.15, 0.2) is 0 Å². The minimum absolute atomic E-state index is 0.0931. The minimum Gasteiger partial charge on any atom is -0.508 e. The molecule has 0 aliphatic rings. The summed E-state index contributed by atoms with van der Waals surface area (Å²) < 4.78 is 0. The lowest BCUT2D eigenvalue weighted by Crippen LogP contribution is -2.62. The number of aliphatic carboxylic acids is 2. The quantitative estimate of drug-likeness (QED) is 0.0195. The zero-order valence-corrected chi connectivity index (χ0v) is 82.9. The number of nitrogens with two attached hydrogens (primary N) is 2. The van der Waals surface area contributed by atoms with Crippen LogP contribution in [0.4, 0.5) is 0 Å². The van der Waals surface area contributed by atoms with Gasteiger partial charge in [-0.15, -0.1) is 0 Å². The van der Waals surface area contributed by atoms with Crippen LogP contribution >= 0.6 is 0 Å². The number of fused-ring (bicyclic) bond motifs is 1. The van der Waals surface area contributed by atoms with Crippen LogP contribution in [0.2, 0.25) is 0 Å². The van der Waals surface area contributed by atoms with Crippen molar-refractivity contribution in [1.82, 2.24) is 106 Å². The first-order valence-corrected chi connectivity index (χ1v) is 47.1. The van der Waals surface area contributed by atoms with Gasteiger partial charge in [0, 0.05) is 42.8 Å². The Morgan fingerprint density at radius 2 is 0.692 bits per heavy atom. The van der Waals surface area contributed by atoms with Gasteiger partial charge in [-0.1, -0.05) is 117 Å². The molecule has 1 heterocycles. The van der Waals surface area contributed by atoms with Gasteiger partial charge in [0.1, 0.15) is 108 Å². The molecule has 0 aliphatic carbocycles. The van der Waals surface area contributed by atoms with Crippen LogP contribution in [0.3, 0.4) is 0 Å². The third-order valence-electron chi connectivity index (χ3n) is 23.4. The zero-order valence-electron chi connectivity index (χ0n) is 82.9. The van der Waals surface area contributed by atoms with Crippen LogP contribution in [0, 0.1) is 23.7 Å². The summed E-state index contributed by atoms with van der Waals surface area (Å²) in [6.07, 6.45) is -4.57. The van der Waals surface area contributed by atoms with Crippen molar-refractivity contribution in [2.45, 2.75) is 256 Å². The van der Waals surface area contributed by atoms with E-state index in [4.69, 9.17) is 11.5 Å². The summed E-state index contributed by atoms with van der Waals surface area (Å²) in [7, 11) is 0. The minimum atomic E-state index is -1.92. The van der Waals surface area contributed by atoms with E-state index in [9.17, 15) is 151 Å². The molecule has 0 radical (unpaired) electrons. The molecule has 146 heavy (non-hydrogen) atoms. The molecule has 4 rings (SSSR count). The van der Waals surface area contributed by atoms with Crippen molar-refractivity contribution in [1.29, 1.82) is 0 Å². The number of aromatic hydroxyl groups is 2. The number of aromatic amines is 1. The van der Waals surface area contributed by atoms with Gasteiger partial charge in [-0.05, 0) is 111 Å². The lowest BCUT2D eigenvalue weighted by atomic mass is 9.97. The number of carboxylic acids is 2. The molecule has 806 valence electrons. The van der Waals surface area contributed by atoms with E-state index in [2.05, 4.69) is 106 Å². The first-order chi connectivity index (χ1) is 68.7. The number of aromatic nitrogens is 1. The van der Waals surface area contributed by atoms with E-state index in [0.717, 1.165) is 20.8 Å². The Labute approximate surface area is 839 Å². The van der Waals surface area contributed by atoms with Crippen molar-refractivity contribution in [3.05, 3.63) is 95.7 Å². The molecule has 0 unspecified atom stereocenters. The summed E-state index contributed by atoms with van der Waals surface area (Å²) in [6.45, 7) is 10.7. The average Bonchev–Trinajstić information content (AvgIpc) is 1.68. The van der Waals surface area contributed by atoms with Crippen LogP contribution in [0.5, 0.6) is 11.5 Å². The molecule has 0 fully saturated rings.